The van der Waals surface area contributed by atoms with E-state index in [2.05, 4.69) is 14.7 Å². The molecule has 0 fully saturated rings. The minimum Gasteiger partial charge on any atom is -0.342 e. The normalized spacial score (nSPS) is 11.6. The van der Waals surface area contributed by atoms with Gasteiger partial charge in [-0.3, -0.25) is 4.72 Å². The zero-order valence-electron chi connectivity index (χ0n) is 14.9. The summed E-state index contributed by atoms with van der Waals surface area (Å²) in [5.41, 5.74) is 3.47. The van der Waals surface area contributed by atoms with Crippen LogP contribution in [0.3, 0.4) is 0 Å². The Bertz CT molecular complexity index is 1200. The standard InChI is InChI=1S/C21H18ClN3O2S/c22-17-8-1-4-11-20(17)28(26,27)25-16-7-5-6-15(14-16)12-13-21-23-18-9-2-3-10-19(18)24-21/h1-11,14,25H,12-13H2,(H,23,24). The van der Waals surface area contributed by atoms with Gasteiger partial charge in [-0.1, -0.05) is 48.0 Å². The van der Waals surface area contributed by atoms with Crippen LogP contribution in [0.15, 0.2) is 77.7 Å². The third-order valence-corrected chi connectivity index (χ3v) is 6.28. The average molecular weight is 412 g/mol. The highest BCUT2D eigenvalue weighted by Gasteiger charge is 2.17. The maximum atomic E-state index is 12.6. The molecular formula is C21H18ClN3O2S. The van der Waals surface area contributed by atoms with Gasteiger partial charge in [0, 0.05) is 12.1 Å². The molecule has 5 nitrogen and oxygen atoms in total. The number of aromatic amines is 1. The number of H-pyrrole nitrogens is 1. The molecule has 1 aromatic heterocycles. The summed E-state index contributed by atoms with van der Waals surface area (Å²) >= 11 is 6.03. The van der Waals surface area contributed by atoms with Crippen molar-refractivity contribution in [3.05, 3.63) is 89.2 Å². The lowest BCUT2D eigenvalue weighted by Crippen LogP contribution is -2.13. The summed E-state index contributed by atoms with van der Waals surface area (Å²) in [6.07, 6.45) is 1.47. The zero-order valence-corrected chi connectivity index (χ0v) is 16.5. The highest BCUT2D eigenvalue weighted by atomic mass is 35.5. The molecule has 4 aromatic rings. The molecule has 1 heterocycles. The lowest BCUT2D eigenvalue weighted by Gasteiger charge is -2.10. The van der Waals surface area contributed by atoms with Gasteiger partial charge in [-0.2, -0.15) is 0 Å². The van der Waals surface area contributed by atoms with Gasteiger partial charge in [-0.25, -0.2) is 13.4 Å². The fourth-order valence-corrected chi connectivity index (χ4v) is 4.62. The van der Waals surface area contributed by atoms with Crippen molar-refractivity contribution in [2.24, 2.45) is 0 Å². The van der Waals surface area contributed by atoms with Gasteiger partial charge >= 0.3 is 0 Å². The summed E-state index contributed by atoms with van der Waals surface area (Å²) in [5.74, 6) is 0.906. The van der Waals surface area contributed by atoms with Crippen molar-refractivity contribution in [3.8, 4) is 0 Å². The first-order chi connectivity index (χ1) is 13.5. The van der Waals surface area contributed by atoms with Crippen molar-refractivity contribution in [2.75, 3.05) is 4.72 Å². The molecule has 2 N–H and O–H groups in total. The van der Waals surface area contributed by atoms with Crippen LogP contribution in [0.2, 0.25) is 5.02 Å². The first kappa shape index (κ1) is 18.5. The topological polar surface area (TPSA) is 74.8 Å². The monoisotopic (exact) mass is 411 g/mol. The van der Waals surface area contributed by atoms with E-state index in [0.29, 0.717) is 5.69 Å². The maximum Gasteiger partial charge on any atom is 0.263 e. The number of halogens is 1. The summed E-state index contributed by atoms with van der Waals surface area (Å²) in [6.45, 7) is 0. The van der Waals surface area contributed by atoms with Gasteiger partial charge in [-0.15, -0.1) is 0 Å². The molecule has 0 aliphatic carbocycles. The highest BCUT2D eigenvalue weighted by molar-refractivity contribution is 7.92. The van der Waals surface area contributed by atoms with Gasteiger partial charge in [0.1, 0.15) is 10.7 Å². The minimum absolute atomic E-state index is 0.0596. The summed E-state index contributed by atoms with van der Waals surface area (Å²) in [6, 6.07) is 21.6. The molecular weight excluding hydrogens is 394 g/mol. The van der Waals surface area contributed by atoms with Gasteiger partial charge < -0.3 is 4.98 Å². The van der Waals surface area contributed by atoms with E-state index in [9.17, 15) is 8.42 Å². The Balaban J connectivity index is 1.49. The lowest BCUT2D eigenvalue weighted by molar-refractivity contribution is 0.601. The molecule has 0 spiro atoms. The predicted molar refractivity (Wildman–Crippen MR) is 112 cm³/mol. The minimum atomic E-state index is -3.75. The van der Waals surface area contributed by atoms with Crippen LogP contribution < -0.4 is 4.72 Å². The second-order valence-corrected chi connectivity index (χ2v) is 8.49. The van der Waals surface area contributed by atoms with Crippen LogP contribution in [0, 0.1) is 0 Å². The van der Waals surface area contributed by atoms with Crippen molar-refractivity contribution in [1.82, 2.24) is 9.97 Å². The van der Waals surface area contributed by atoms with E-state index in [0.717, 1.165) is 35.3 Å². The maximum absolute atomic E-state index is 12.6. The van der Waals surface area contributed by atoms with Crippen LogP contribution >= 0.6 is 11.6 Å². The second kappa shape index (κ2) is 7.66. The lowest BCUT2D eigenvalue weighted by atomic mass is 10.1. The number of fused-ring (bicyclic) bond motifs is 1. The Morgan fingerprint density at radius 3 is 2.54 bits per heavy atom. The van der Waals surface area contributed by atoms with Crippen LogP contribution in [0.25, 0.3) is 11.0 Å². The summed E-state index contributed by atoms with van der Waals surface area (Å²) in [5, 5.41) is 0.191. The van der Waals surface area contributed by atoms with Crippen LogP contribution in [0.4, 0.5) is 5.69 Å². The van der Waals surface area contributed by atoms with Gasteiger partial charge in [0.05, 0.1) is 16.1 Å². The van der Waals surface area contributed by atoms with E-state index in [1.807, 2.05) is 42.5 Å². The average Bonchev–Trinajstić information content (AvgIpc) is 3.09. The molecule has 0 atom stereocenters. The van der Waals surface area contributed by atoms with E-state index in [-0.39, 0.29) is 9.92 Å². The van der Waals surface area contributed by atoms with Crippen LogP contribution in [-0.2, 0) is 22.9 Å². The van der Waals surface area contributed by atoms with E-state index in [1.165, 1.54) is 6.07 Å². The first-order valence-electron chi connectivity index (χ1n) is 8.81. The number of nitrogens with zero attached hydrogens (tertiary/aromatic N) is 1. The molecule has 0 bridgehead atoms. The fourth-order valence-electron chi connectivity index (χ4n) is 3.05. The summed E-state index contributed by atoms with van der Waals surface area (Å²) in [7, 11) is -3.75. The number of hydrogen-bond acceptors (Lipinski definition) is 3. The largest absolute Gasteiger partial charge is 0.342 e. The molecule has 4 rings (SSSR count). The Hall–Kier alpha value is -2.83. The number of imidazole rings is 1. The fraction of sp³-hybridized carbons (Fsp3) is 0.0952. The van der Waals surface area contributed by atoms with E-state index in [4.69, 9.17) is 11.6 Å². The Kier molecular flexibility index (Phi) is 5.07. The van der Waals surface area contributed by atoms with E-state index < -0.39 is 10.0 Å². The van der Waals surface area contributed by atoms with Crippen LogP contribution in [-0.4, -0.2) is 18.4 Å². The molecule has 142 valence electrons. The molecule has 0 unspecified atom stereocenters. The molecule has 7 heteroatoms. The molecule has 3 aromatic carbocycles. The number of benzene rings is 3. The third-order valence-electron chi connectivity index (χ3n) is 4.39. The number of para-hydroxylation sites is 2. The zero-order chi connectivity index (χ0) is 19.6. The summed E-state index contributed by atoms with van der Waals surface area (Å²) in [4.78, 5) is 7.95. The number of nitrogens with one attached hydrogen (secondary N) is 2. The molecule has 0 saturated carbocycles. The van der Waals surface area contributed by atoms with Crippen molar-refractivity contribution in [3.63, 3.8) is 0 Å². The molecule has 0 aliphatic rings. The van der Waals surface area contributed by atoms with Crippen LogP contribution in [0.5, 0.6) is 0 Å². The third kappa shape index (κ3) is 4.03. The predicted octanol–water partition coefficient (Wildman–Crippen LogP) is 4.80. The first-order valence-corrected chi connectivity index (χ1v) is 10.7. The number of rotatable bonds is 6. The molecule has 0 saturated heterocycles. The van der Waals surface area contributed by atoms with E-state index >= 15 is 0 Å². The molecule has 0 aliphatic heterocycles. The Morgan fingerprint density at radius 2 is 1.71 bits per heavy atom. The van der Waals surface area contributed by atoms with E-state index in [1.54, 1.807) is 24.3 Å². The second-order valence-electron chi connectivity index (χ2n) is 6.44. The number of sulfonamides is 1. The molecule has 28 heavy (non-hydrogen) atoms. The molecule has 0 amide bonds. The smallest absolute Gasteiger partial charge is 0.263 e. The number of aryl methyl sites for hydroxylation is 2. The SMILES string of the molecule is O=S(=O)(Nc1cccc(CCc2nc3ccccc3[nH]2)c1)c1ccccc1Cl. The Labute approximate surface area is 168 Å². The van der Waals surface area contributed by atoms with Crippen molar-refractivity contribution < 1.29 is 8.42 Å². The van der Waals surface area contributed by atoms with Crippen LogP contribution in [0.1, 0.15) is 11.4 Å². The molecule has 0 radical (unpaired) electrons. The Morgan fingerprint density at radius 1 is 0.929 bits per heavy atom. The van der Waals surface area contributed by atoms with Gasteiger partial charge in [-0.05, 0) is 48.4 Å². The number of anilines is 1. The number of hydrogen-bond donors (Lipinski definition) is 2. The summed E-state index contributed by atoms with van der Waals surface area (Å²) < 4.78 is 27.8. The van der Waals surface area contributed by atoms with Crippen molar-refractivity contribution in [2.45, 2.75) is 17.7 Å². The van der Waals surface area contributed by atoms with Gasteiger partial charge in [0.2, 0.25) is 0 Å². The van der Waals surface area contributed by atoms with Gasteiger partial charge in [0.15, 0.2) is 0 Å². The number of aromatic nitrogens is 2. The quantitative estimate of drug-likeness (QED) is 0.478. The van der Waals surface area contributed by atoms with Crippen molar-refractivity contribution in [1.29, 1.82) is 0 Å². The van der Waals surface area contributed by atoms with Gasteiger partial charge in [0.25, 0.3) is 10.0 Å². The highest BCUT2D eigenvalue weighted by Crippen LogP contribution is 2.24. The van der Waals surface area contributed by atoms with Crippen molar-refractivity contribution >= 4 is 38.3 Å².